The second-order valence-corrected chi connectivity index (χ2v) is 5.94. The molecule has 0 bridgehead atoms. The number of benzene rings is 1. The summed E-state index contributed by atoms with van der Waals surface area (Å²) in [7, 11) is 0. The van der Waals surface area contributed by atoms with Crippen molar-refractivity contribution in [2.75, 3.05) is 6.61 Å². The molecule has 0 aliphatic carbocycles. The number of para-hydroxylation sites is 2. The van der Waals surface area contributed by atoms with Gasteiger partial charge in [0, 0.05) is 0 Å². The minimum Gasteiger partial charge on any atom is -0.487 e. The Bertz CT molecular complexity index is 502. The van der Waals surface area contributed by atoms with Crippen LogP contribution < -0.4 is 9.47 Å². The highest BCUT2D eigenvalue weighted by molar-refractivity contribution is 6.44. The van der Waals surface area contributed by atoms with Gasteiger partial charge in [0.15, 0.2) is 11.5 Å². The summed E-state index contributed by atoms with van der Waals surface area (Å²) in [5.74, 6) is -0.322. The lowest BCUT2D eigenvalue weighted by molar-refractivity contribution is -0.146. The Morgan fingerprint density at radius 1 is 1.05 bits per heavy atom. The number of alkyl halides is 2. The van der Waals surface area contributed by atoms with Crippen molar-refractivity contribution < 1.29 is 23.8 Å². The van der Waals surface area contributed by atoms with Gasteiger partial charge in [0.05, 0.1) is 18.9 Å². The maximum atomic E-state index is 11.8. The molecule has 0 saturated carbocycles. The minimum atomic E-state index is -0.782. The zero-order valence-corrected chi connectivity index (χ0v) is 13.9. The number of carbonyl (C=O) groups is 2. The molecule has 1 aromatic rings. The average molecular weight is 349 g/mol. The first kappa shape index (κ1) is 18.6. The van der Waals surface area contributed by atoms with Crippen molar-refractivity contribution >= 4 is 35.1 Å². The first-order valence-electron chi connectivity index (χ1n) is 6.78. The van der Waals surface area contributed by atoms with E-state index in [9.17, 15) is 9.59 Å². The molecule has 1 aromatic carbocycles. The molecule has 7 heteroatoms. The van der Waals surface area contributed by atoms with Crippen LogP contribution in [0.4, 0.5) is 0 Å². The van der Waals surface area contributed by atoms with E-state index in [1.165, 1.54) is 0 Å². The van der Waals surface area contributed by atoms with Gasteiger partial charge >= 0.3 is 11.9 Å². The smallest absolute Gasteiger partial charge is 0.311 e. The summed E-state index contributed by atoms with van der Waals surface area (Å²) in [5.41, 5.74) is 0. The van der Waals surface area contributed by atoms with Gasteiger partial charge < -0.3 is 14.2 Å². The second kappa shape index (κ2) is 9.54. The van der Waals surface area contributed by atoms with E-state index in [0.717, 1.165) is 0 Å². The fourth-order valence-electron chi connectivity index (χ4n) is 1.49. The topological polar surface area (TPSA) is 61.8 Å². The first-order chi connectivity index (χ1) is 10.4. The van der Waals surface area contributed by atoms with E-state index in [0.29, 0.717) is 11.5 Å². The lowest BCUT2D eigenvalue weighted by atomic mass is 10.3. The predicted octanol–water partition coefficient (Wildman–Crippen LogP) is 3.51. The van der Waals surface area contributed by atoms with Crippen molar-refractivity contribution in [2.24, 2.45) is 0 Å². The largest absolute Gasteiger partial charge is 0.487 e. The first-order valence-corrected chi connectivity index (χ1v) is 7.66. The fourth-order valence-corrected chi connectivity index (χ4v) is 1.62. The molecule has 0 spiro atoms. The van der Waals surface area contributed by atoms with Crippen LogP contribution in [0.25, 0.3) is 0 Å². The van der Waals surface area contributed by atoms with Gasteiger partial charge in [0.2, 0.25) is 0 Å². The summed E-state index contributed by atoms with van der Waals surface area (Å²) in [4.78, 5) is 22.3. The van der Waals surface area contributed by atoms with Crippen LogP contribution in [-0.2, 0) is 14.3 Å². The molecule has 0 atom stereocenters. The molecule has 1 rings (SSSR count). The summed E-state index contributed by atoms with van der Waals surface area (Å²) >= 11 is 10.9. The molecule has 0 radical (unpaired) electrons. The van der Waals surface area contributed by atoms with Crippen molar-refractivity contribution in [3.05, 3.63) is 24.3 Å². The van der Waals surface area contributed by atoms with Crippen LogP contribution in [0.5, 0.6) is 11.5 Å². The van der Waals surface area contributed by atoms with Crippen LogP contribution in [0, 0.1) is 0 Å². The second-order valence-electron chi connectivity index (χ2n) is 4.66. The Kier molecular flexibility index (Phi) is 8.06. The molecule has 0 amide bonds. The Morgan fingerprint density at radius 2 is 1.64 bits per heavy atom. The summed E-state index contributed by atoms with van der Waals surface area (Å²) in [6, 6.07) is 6.84. The Morgan fingerprint density at radius 3 is 2.23 bits per heavy atom. The number of rotatable bonds is 8. The van der Waals surface area contributed by atoms with Gasteiger partial charge in [-0.2, -0.15) is 0 Å². The van der Waals surface area contributed by atoms with Crippen LogP contribution >= 0.6 is 23.2 Å². The van der Waals surface area contributed by atoms with Crippen LogP contribution in [0.1, 0.15) is 26.7 Å². The normalized spacial score (nSPS) is 10.6. The molecule has 0 saturated heterocycles. The molecule has 0 heterocycles. The monoisotopic (exact) mass is 348 g/mol. The van der Waals surface area contributed by atoms with Gasteiger partial charge in [-0.15, -0.1) is 23.2 Å². The third-order valence-electron chi connectivity index (χ3n) is 2.34. The minimum absolute atomic E-state index is 0.0473. The molecule has 0 unspecified atom stereocenters. The van der Waals surface area contributed by atoms with E-state index >= 15 is 0 Å². The highest BCUT2D eigenvalue weighted by Crippen LogP contribution is 2.27. The number of halogens is 2. The van der Waals surface area contributed by atoms with Gasteiger partial charge in [-0.1, -0.05) is 12.1 Å². The van der Waals surface area contributed by atoms with Gasteiger partial charge in [-0.05, 0) is 26.0 Å². The Labute approximate surface area is 139 Å². The predicted molar refractivity (Wildman–Crippen MR) is 83.5 cm³/mol. The third kappa shape index (κ3) is 7.52. The number of carbonyl (C=O) groups excluding carboxylic acids is 2. The highest BCUT2D eigenvalue weighted by atomic mass is 35.5. The van der Waals surface area contributed by atoms with Crippen LogP contribution in [0.2, 0.25) is 0 Å². The average Bonchev–Trinajstić information content (AvgIpc) is 2.44. The lowest BCUT2D eigenvalue weighted by Gasteiger charge is -2.13. The van der Waals surface area contributed by atoms with Crippen molar-refractivity contribution in [3.8, 4) is 11.5 Å². The van der Waals surface area contributed by atoms with E-state index in [1.807, 2.05) is 13.8 Å². The maximum absolute atomic E-state index is 11.8. The number of ether oxygens (including phenoxy) is 3. The molecule has 22 heavy (non-hydrogen) atoms. The van der Waals surface area contributed by atoms with Crippen LogP contribution in [0.3, 0.4) is 0 Å². The third-order valence-corrected chi connectivity index (χ3v) is 2.59. The van der Waals surface area contributed by atoms with Crippen molar-refractivity contribution in [2.45, 2.75) is 37.6 Å². The molecule has 122 valence electrons. The van der Waals surface area contributed by atoms with Gasteiger partial charge in [-0.3, -0.25) is 9.59 Å². The van der Waals surface area contributed by atoms with Gasteiger partial charge in [0.1, 0.15) is 11.4 Å². The zero-order chi connectivity index (χ0) is 16.5. The molecule has 0 aromatic heterocycles. The summed E-state index contributed by atoms with van der Waals surface area (Å²) < 4.78 is 15.5. The van der Waals surface area contributed by atoms with E-state index in [-0.39, 0.29) is 25.6 Å². The molecule has 0 fully saturated rings. The fraction of sp³-hybridized carbons (Fsp3) is 0.467. The van der Waals surface area contributed by atoms with Crippen LogP contribution in [-0.4, -0.2) is 29.5 Å². The Hall–Kier alpha value is -1.46. The molecular weight excluding hydrogens is 331 g/mol. The summed E-state index contributed by atoms with van der Waals surface area (Å²) in [5, 5.41) is 0. The molecule has 0 aliphatic heterocycles. The van der Waals surface area contributed by atoms with Crippen molar-refractivity contribution in [1.82, 2.24) is 0 Å². The standard InChI is InChI=1S/C15H18Cl2O5/c1-10(2)21-11-5-3-4-6-12(11)22-15(19)8-7-14(18)20-9-13(16)17/h3-6,10,13H,7-9H2,1-2H3. The van der Waals surface area contributed by atoms with E-state index in [4.69, 9.17) is 37.4 Å². The Balaban J connectivity index is 2.47. The number of hydrogen-bond donors (Lipinski definition) is 0. The van der Waals surface area contributed by atoms with E-state index in [2.05, 4.69) is 0 Å². The SMILES string of the molecule is CC(C)Oc1ccccc1OC(=O)CCC(=O)OCC(Cl)Cl. The molecular formula is C15H18Cl2O5. The van der Waals surface area contributed by atoms with Crippen molar-refractivity contribution in [1.29, 1.82) is 0 Å². The highest BCUT2D eigenvalue weighted by Gasteiger charge is 2.14. The molecule has 5 nitrogen and oxygen atoms in total. The molecule has 0 aliphatic rings. The molecule has 0 N–H and O–H groups in total. The zero-order valence-electron chi connectivity index (χ0n) is 12.4. The summed E-state index contributed by atoms with van der Waals surface area (Å²) in [6.45, 7) is 3.63. The van der Waals surface area contributed by atoms with E-state index < -0.39 is 16.8 Å². The van der Waals surface area contributed by atoms with Crippen LogP contribution in [0.15, 0.2) is 24.3 Å². The van der Waals surface area contributed by atoms with Crippen molar-refractivity contribution in [3.63, 3.8) is 0 Å². The maximum Gasteiger partial charge on any atom is 0.311 e. The number of esters is 2. The van der Waals surface area contributed by atoms with Gasteiger partial charge in [0.25, 0.3) is 0 Å². The van der Waals surface area contributed by atoms with E-state index in [1.54, 1.807) is 24.3 Å². The quantitative estimate of drug-likeness (QED) is 0.408. The van der Waals surface area contributed by atoms with Gasteiger partial charge in [-0.25, -0.2) is 0 Å². The number of hydrogen-bond acceptors (Lipinski definition) is 5. The lowest BCUT2D eigenvalue weighted by Crippen LogP contribution is -2.15. The summed E-state index contributed by atoms with van der Waals surface area (Å²) in [6.07, 6.45) is -0.259.